The molecule has 1 aliphatic rings. The molecule has 9 heteroatoms. The number of rotatable bonds is 3. The number of aromatic nitrogens is 2. The highest BCUT2D eigenvalue weighted by Crippen LogP contribution is 2.34. The van der Waals surface area contributed by atoms with E-state index >= 15 is 0 Å². The van der Waals surface area contributed by atoms with Crippen LogP contribution in [0.3, 0.4) is 0 Å². The fourth-order valence-electron chi connectivity index (χ4n) is 2.43. The van der Waals surface area contributed by atoms with E-state index in [0.29, 0.717) is 32.2 Å². The Morgan fingerprint density at radius 3 is 2.92 bits per heavy atom. The predicted molar refractivity (Wildman–Crippen MR) is 102 cm³/mol. The fourth-order valence-corrected chi connectivity index (χ4v) is 4.50. The highest BCUT2D eigenvalue weighted by atomic mass is 35.5. The summed E-state index contributed by atoms with van der Waals surface area (Å²) >= 11 is 8.77. The van der Waals surface area contributed by atoms with Crippen LogP contribution in [0.15, 0.2) is 34.6 Å². The van der Waals surface area contributed by atoms with Crippen molar-refractivity contribution < 1.29 is 9.90 Å². The number of carbonyl (C=O) groups is 1. The maximum absolute atomic E-state index is 11.2. The highest BCUT2D eigenvalue weighted by Gasteiger charge is 2.25. The van der Waals surface area contributed by atoms with Crippen molar-refractivity contribution in [3.63, 3.8) is 0 Å². The summed E-state index contributed by atoms with van der Waals surface area (Å²) in [4.78, 5) is 24.5. The van der Waals surface area contributed by atoms with Crippen molar-refractivity contribution in [3.8, 4) is 16.5 Å². The largest absolute Gasteiger partial charge is 0.506 e. The van der Waals surface area contributed by atoms with Gasteiger partial charge in [-0.05, 0) is 24.3 Å². The van der Waals surface area contributed by atoms with Gasteiger partial charge in [0.2, 0.25) is 5.91 Å². The number of carbonyl (C=O) groups excluding carboxylic acids is 1. The molecule has 3 N–H and O–H groups in total. The SMILES string of the molecule is NC(=O)[C@@H]1CSC(c2csc(-c3nc4ccc(Cl)cc4cc3O)n2)=N1. The number of benzene rings is 1. The number of pyridine rings is 1. The number of hydrogen-bond donors (Lipinski definition) is 2. The van der Waals surface area contributed by atoms with Crippen LogP contribution in [0.5, 0.6) is 5.75 Å². The molecule has 6 nitrogen and oxygen atoms in total. The van der Waals surface area contributed by atoms with Gasteiger partial charge in [-0.1, -0.05) is 11.6 Å². The lowest BCUT2D eigenvalue weighted by atomic mass is 10.2. The van der Waals surface area contributed by atoms with Crippen molar-refractivity contribution in [3.05, 3.63) is 40.4 Å². The average Bonchev–Trinajstić information content (AvgIpc) is 3.23. The van der Waals surface area contributed by atoms with E-state index in [9.17, 15) is 9.90 Å². The van der Waals surface area contributed by atoms with Gasteiger partial charge >= 0.3 is 0 Å². The Kier molecular flexibility index (Phi) is 4.10. The summed E-state index contributed by atoms with van der Waals surface area (Å²) in [5.74, 6) is 0.120. The van der Waals surface area contributed by atoms with Crippen LogP contribution in [0.2, 0.25) is 5.02 Å². The highest BCUT2D eigenvalue weighted by molar-refractivity contribution is 8.14. The molecule has 1 amide bonds. The molecule has 4 rings (SSSR count). The van der Waals surface area contributed by atoms with E-state index < -0.39 is 11.9 Å². The van der Waals surface area contributed by atoms with E-state index in [1.165, 1.54) is 23.1 Å². The minimum atomic E-state index is -0.512. The topological polar surface area (TPSA) is 101 Å². The molecule has 0 fully saturated rings. The van der Waals surface area contributed by atoms with E-state index in [0.717, 1.165) is 10.9 Å². The summed E-state index contributed by atoms with van der Waals surface area (Å²) in [5.41, 5.74) is 7.07. The number of nitrogens with zero attached hydrogens (tertiary/aromatic N) is 3. The maximum atomic E-state index is 11.2. The maximum Gasteiger partial charge on any atom is 0.243 e. The van der Waals surface area contributed by atoms with Crippen LogP contribution < -0.4 is 5.73 Å². The monoisotopic (exact) mass is 390 g/mol. The van der Waals surface area contributed by atoms with Crippen LogP contribution in [0.1, 0.15) is 5.69 Å². The summed E-state index contributed by atoms with van der Waals surface area (Å²) < 4.78 is 0. The third kappa shape index (κ3) is 3.08. The molecule has 2 aromatic heterocycles. The van der Waals surface area contributed by atoms with Crippen molar-refractivity contribution in [2.45, 2.75) is 6.04 Å². The fraction of sp³-hybridized carbons (Fsp3) is 0.125. The second-order valence-corrected chi connectivity index (χ2v) is 7.70. The minimum absolute atomic E-state index is 0.0340. The number of thiazole rings is 1. The number of halogens is 1. The van der Waals surface area contributed by atoms with Gasteiger partial charge in [-0.3, -0.25) is 9.79 Å². The molecule has 25 heavy (non-hydrogen) atoms. The summed E-state index contributed by atoms with van der Waals surface area (Å²) in [5, 5.41) is 14.7. The standard InChI is InChI=1S/C16H11ClN4O2S2/c17-8-1-2-9-7(3-8)4-12(22)13(19-9)16-21-11(6-25-16)15-20-10(5-24-15)14(18)23/h1-4,6,10,22H,5H2,(H2,18,23)/t10-/m0/s1. The molecule has 126 valence electrons. The summed E-state index contributed by atoms with van der Waals surface area (Å²) in [6, 6.07) is 6.40. The number of primary amides is 1. The van der Waals surface area contributed by atoms with Gasteiger partial charge in [0, 0.05) is 21.5 Å². The van der Waals surface area contributed by atoms with Crippen LogP contribution in [-0.2, 0) is 4.79 Å². The second-order valence-electron chi connectivity index (χ2n) is 5.39. The van der Waals surface area contributed by atoms with Crippen LogP contribution in [0.25, 0.3) is 21.6 Å². The first-order chi connectivity index (χ1) is 12.0. The van der Waals surface area contributed by atoms with E-state index in [1.807, 2.05) is 5.38 Å². The first-order valence-electron chi connectivity index (χ1n) is 7.27. The van der Waals surface area contributed by atoms with E-state index in [2.05, 4.69) is 15.0 Å². The first-order valence-corrected chi connectivity index (χ1v) is 9.51. The van der Waals surface area contributed by atoms with Gasteiger partial charge in [-0.15, -0.1) is 23.1 Å². The van der Waals surface area contributed by atoms with E-state index in [4.69, 9.17) is 17.3 Å². The molecule has 0 saturated carbocycles. The smallest absolute Gasteiger partial charge is 0.243 e. The summed E-state index contributed by atoms with van der Waals surface area (Å²) in [6.07, 6.45) is 0. The van der Waals surface area contributed by atoms with Crippen molar-refractivity contribution in [1.29, 1.82) is 0 Å². The zero-order chi connectivity index (χ0) is 17.6. The van der Waals surface area contributed by atoms with Gasteiger partial charge in [-0.2, -0.15) is 0 Å². The molecule has 0 radical (unpaired) electrons. The number of amides is 1. The van der Waals surface area contributed by atoms with Crippen LogP contribution in [0, 0.1) is 0 Å². The molecule has 3 aromatic rings. The zero-order valence-electron chi connectivity index (χ0n) is 12.6. The lowest BCUT2D eigenvalue weighted by molar-refractivity contribution is -0.118. The average molecular weight is 391 g/mol. The Labute approximate surface area is 155 Å². The quantitative estimate of drug-likeness (QED) is 0.715. The normalized spacial score (nSPS) is 17.0. The minimum Gasteiger partial charge on any atom is -0.506 e. The van der Waals surface area contributed by atoms with Gasteiger partial charge in [0.25, 0.3) is 0 Å². The number of fused-ring (bicyclic) bond motifs is 1. The van der Waals surface area contributed by atoms with E-state index in [-0.39, 0.29) is 5.75 Å². The Balaban J connectivity index is 1.72. The van der Waals surface area contributed by atoms with Crippen LogP contribution >= 0.6 is 34.7 Å². The lowest BCUT2D eigenvalue weighted by Crippen LogP contribution is -2.26. The number of hydrogen-bond acceptors (Lipinski definition) is 7. The molecule has 0 unspecified atom stereocenters. The van der Waals surface area contributed by atoms with Gasteiger partial charge in [0.05, 0.1) is 5.52 Å². The number of aliphatic imine (C=N–C) groups is 1. The Hall–Kier alpha value is -2.16. The molecular weight excluding hydrogens is 380 g/mol. The summed E-state index contributed by atoms with van der Waals surface area (Å²) in [7, 11) is 0. The number of thioether (sulfide) groups is 1. The molecule has 3 heterocycles. The second kappa shape index (κ2) is 6.29. The first kappa shape index (κ1) is 16.3. The number of aromatic hydroxyl groups is 1. The Morgan fingerprint density at radius 1 is 1.32 bits per heavy atom. The predicted octanol–water partition coefficient (Wildman–Crippen LogP) is 3.06. The molecule has 0 bridgehead atoms. The molecule has 1 aliphatic heterocycles. The van der Waals surface area contributed by atoms with E-state index in [1.54, 1.807) is 24.3 Å². The van der Waals surface area contributed by atoms with Crippen LogP contribution in [-0.4, -0.2) is 37.8 Å². The van der Waals surface area contributed by atoms with Crippen molar-refractivity contribution in [1.82, 2.24) is 9.97 Å². The van der Waals surface area contributed by atoms with Crippen molar-refractivity contribution >= 4 is 56.6 Å². The van der Waals surface area contributed by atoms with Crippen molar-refractivity contribution in [2.24, 2.45) is 10.7 Å². The molecule has 1 aromatic carbocycles. The zero-order valence-corrected chi connectivity index (χ0v) is 15.0. The third-order valence-electron chi connectivity index (χ3n) is 3.66. The molecule has 1 atom stereocenters. The molecule has 0 spiro atoms. The Bertz CT molecular complexity index is 1030. The van der Waals surface area contributed by atoms with Gasteiger partial charge in [-0.25, -0.2) is 9.97 Å². The van der Waals surface area contributed by atoms with Gasteiger partial charge < -0.3 is 10.8 Å². The van der Waals surface area contributed by atoms with Gasteiger partial charge in [0.15, 0.2) is 0 Å². The van der Waals surface area contributed by atoms with Crippen molar-refractivity contribution in [2.75, 3.05) is 5.75 Å². The Morgan fingerprint density at radius 2 is 2.16 bits per heavy atom. The lowest BCUT2D eigenvalue weighted by Gasteiger charge is -2.04. The summed E-state index contributed by atoms with van der Waals surface area (Å²) in [6.45, 7) is 0. The van der Waals surface area contributed by atoms with Gasteiger partial charge in [0.1, 0.15) is 33.2 Å². The third-order valence-corrected chi connectivity index (χ3v) is 5.82. The van der Waals surface area contributed by atoms with Crippen LogP contribution in [0.4, 0.5) is 0 Å². The number of nitrogens with two attached hydrogens (primary N) is 1. The molecule has 0 saturated heterocycles. The molecule has 0 aliphatic carbocycles. The molecular formula is C16H11ClN4O2S2.